The second-order valence-corrected chi connectivity index (χ2v) is 6.55. The van der Waals surface area contributed by atoms with Crippen molar-refractivity contribution in [3.63, 3.8) is 0 Å². The van der Waals surface area contributed by atoms with Gasteiger partial charge in [-0.1, -0.05) is 12.8 Å². The van der Waals surface area contributed by atoms with Gasteiger partial charge >= 0.3 is 6.03 Å². The summed E-state index contributed by atoms with van der Waals surface area (Å²) in [5.41, 5.74) is 1.70. The van der Waals surface area contributed by atoms with E-state index in [-0.39, 0.29) is 12.1 Å². The van der Waals surface area contributed by atoms with E-state index in [1.54, 1.807) is 14.2 Å². The number of carbonyl (C=O) groups is 1. The second-order valence-electron chi connectivity index (χ2n) is 5.69. The normalized spacial score (nSPS) is 14.4. The number of methoxy groups -OCH3 is 2. The lowest BCUT2D eigenvalue weighted by molar-refractivity contribution is 0.248. The molecule has 7 heteroatoms. The average molecular weight is 347 g/mol. The third-order valence-corrected chi connectivity index (χ3v) is 4.85. The molecule has 1 fully saturated rings. The van der Waals surface area contributed by atoms with Crippen LogP contribution in [-0.2, 0) is 0 Å². The lowest BCUT2D eigenvalue weighted by Crippen LogP contribution is -2.36. The summed E-state index contributed by atoms with van der Waals surface area (Å²) >= 11 is 1.40. The Morgan fingerprint density at radius 3 is 2.67 bits per heavy atom. The van der Waals surface area contributed by atoms with Crippen LogP contribution in [0.3, 0.4) is 0 Å². The number of rotatable bonds is 5. The van der Waals surface area contributed by atoms with E-state index < -0.39 is 0 Å². The zero-order valence-corrected chi connectivity index (χ0v) is 14.6. The molecular weight excluding hydrogens is 326 g/mol. The monoisotopic (exact) mass is 347 g/mol. The van der Waals surface area contributed by atoms with Gasteiger partial charge in [-0.2, -0.15) is 0 Å². The maximum atomic E-state index is 12.0. The van der Waals surface area contributed by atoms with E-state index in [0.717, 1.165) is 24.1 Å². The maximum absolute atomic E-state index is 12.0. The number of thiazole rings is 1. The summed E-state index contributed by atoms with van der Waals surface area (Å²) in [4.78, 5) is 16.5. The van der Waals surface area contributed by atoms with Gasteiger partial charge in [-0.3, -0.25) is 5.32 Å². The van der Waals surface area contributed by atoms with Gasteiger partial charge in [-0.05, 0) is 31.0 Å². The first-order valence-corrected chi connectivity index (χ1v) is 8.83. The van der Waals surface area contributed by atoms with Crippen LogP contribution in [0.2, 0.25) is 0 Å². The lowest BCUT2D eigenvalue weighted by atomic mass is 10.1. The van der Waals surface area contributed by atoms with Gasteiger partial charge in [0.1, 0.15) is 0 Å². The molecule has 3 rings (SSSR count). The van der Waals surface area contributed by atoms with Crippen LogP contribution in [0.1, 0.15) is 25.7 Å². The van der Waals surface area contributed by atoms with Crippen molar-refractivity contribution < 1.29 is 14.3 Å². The molecule has 0 unspecified atom stereocenters. The molecule has 128 valence electrons. The predicted molar refractivity (Wildman–Crippen MR) is 95.1 cm³/mol. The van der Waals surface area contributed by atoms with Crippen LogP contribution in [0.4, 0.5) is 9.93 Å². The zero-order valence-electron chi connectivity index (χ0n) is 13.8. The van der Waals surface area contributed by atoms with Crippen molar-refractivity contribution in [3.05, 3.63) is 23.6 Å². The molecule has 2 amide bonds. The largest absolute Gasteiger partial charge is 0.493 e. The maximum Gasteiger partial charge on any atom is 0.321 e. The summed E-state index contributed by atoms with van der Waals surface area (Å²) in [5, 5.41) is 8.29. The molecule has 0 spiro atoms. The summed E-state index contributed by atoms with van der Waals surface area (Å²) in [7, 11) is 3.20. The second kappa shape index (κ2) is 7.53. The van der Waals surface area contributed by atoms with Gasteiger partial charge in [0, 0.05) is 17.0 Å². The number of amides is 2. The van der Waals surface area contributed by atoms with E-state index in [9.17, 15) is 4.79 Å². The van der Waals surface area contributed by atoms with Crippen LogP contribution >= 0.6 is 11.3 Å². The summed E-state index contributed by atoms with van der Waals surface area (Å²) in [6.07, 6.45) is 4.49. The number of anilines is 1. The SMILES string of the molecule is COc1ccc(-c2csc(NC(=O)NC3CCCC3)n2)cc1OC. The highest BCUT2D eigenvalue weighted by atomic mass is 32.1. The molecule has 1 aromatic carbocycles. The van der Waals surface area contributed by atoms with E-state index in [4.69, 9.17) is 9.47 Å². The number of aromatic nitrogens is 1. The fourth-order valence-electron chi connectivity index (χ4n) is 2.85. The fourth-order valence-corrected chi connectivity index (χ4v) is 3.56. The van der Waals surface area contributed by atoms with Crippen molar-refractivity contribution in [2.45, 2.75) is 31.7 Å². The van der Waals surface area contributed by atoms with Gasteiger partial charge in [0.2, 0.25) is 0 Å². The Bertz CT molecular complexity index is 711. The Hall–Kier alpha value is -2.28. The quantitative estimate of drug-likeness (QED) is 0.860. The van der Waals surface area contributed by atoms with E-state index >= 15 is 0 Å². The van der Waals surface area contributed by atoms with Gasteiger partial charge in [0.15, 0.2) is 16.6 Å². The molecular formula is C17H21N3O3S. The van der Waals surface area contributed by atoms with Gasteiger partial charge in [0.25, 0.3) is 0 Å². The highest BCUT2D eigenvalue weighted by Gasteiger charge is 2.18. The molecule has 0 atom stereocenters. The summed E-state index contributed by atoms with van der Waals surface area (Å²) < 4.78 is 10.6. The van der Waals surface area contributed by atoms with Crippen molar-refractivity contribution >= 4 is 22.5 Å². The number of nitrogens with zero attached hydrogens (tertiary/aromatic N) is 1. The molecule has 1 aliphatic carbocycles. The zero-order chi connectivity index (χ0) is 16.9. The smallest absolute Gasteiger partial charge is 0.321 e. The number of carbonyl (C=O) groups excluding carboxylic acids is 1. The van der Waals surface area contributed by atoms with E-state index in [2.05, 4.69) is 15.6 Å². The Kier molecular flexibility index (Phi) is 5.20. The lowest BCUT2D eigenvalue weighted by Gasteiger charge is -2.11. The molecule has 24 heavy (non-hydrogen) atoms. The number of hydrogen-bond donors (Lipinski definition) is 2. The van der Waals surface area contributed by atoms with Crippen molar-refractivity contribution in [3.8, 4) is 22.8 Å². The van der Waals surface area contributed by atoms with E-state index in [1.165, 1.54) is 24.2 Å². The fraction of sp³-hybridized carbons (Fsp3) is 0.412. The van der Waals surface area contributed by atoms with Crippen LogP contribution in [0, 0.1) is 0 Å². The molecule has 2 N–H and O–H groups in total. The van der Waals surface area contributed by atoms with Crippen molar-refractivity contribution in [2.75, 3.05) is 19.5 Å². The van der Waals surface area contributed by atoms with Crippen molar-refractivity contribution in [2.24, 2.45) is 0 Å². The van der Waals surface area contributed by atoms with Crippen LogP contribution in [-0.4, -0.2) is 31.3 Å². The predicted octanol–water partition coefficient (Wildman–Crippen LogP) is 3.89. The minimum absolute atomic E-state index is 0.185. The molecule has 2 aromatic rings. The molecule has 1 aliphatic rings. The van der Waals surface area contributed by atoms with Crippen LogP contribution < -0.4 is 20.1 Å². The molecule has 1 aromatic heterocycles. The van der Waals surface area contributed by atoms with E-state index in [1.807, 2.05) is 23.6 Å². The Morgan fingerprint density at radius 2 is 1.96 bits per heavy atom. The van der Waals surface area contributed by atoms with Crippen molar-refractivity contribution in [1.82, 2.24) is 10.3 Å². The standard InChI is InChI=1S/C17H21N3O3S/c1-22-14-8-7-11(9-15(14)23-2)13-10-24-17(19-13)20-16(21)18-12-5-3-4-6-12/h7-10,12H,3-6H2,1-2H3,(H2,18,19,20,21). The van der Waals surface area contributed by atoms with E-state index in [0.29, 0.717) is 16.6 Å². The number of benzene rings is 1. The minimum atomic E-state index is -0.185. The molecule has 0 radical (unpaired) electrons. The molecule has 1 heterocycles. The highest BCUT2D eigenvalue weighted by molar-refractivity contribution is 7.14. The van der Waals surface area contributed by atoms with Gasteiger partial charge in [0.05, 0.1) is 19.9 Å². The van der Waals surface area contributed by atoms with Gasteiger partial charge in [-0.15, -0.1) is 11.3 Å². The topological polar surface area (TPSA) is 72.5 Å². The number of ether oxygens (including phenoxy) is 2. The highest BCUT2D eigenvalue weighted by Crippen LogP contribution is 2.33. The Balaban J connectivity index is 1.67. The number of hydrogen-bond acceptors (Lipinski definition) is 5. The molecule has 1 saturated carbocycles. The molecule has 0 saturated heterocycles. The summed E-state index contributed by atoms with van der Waals surface area (Å²) in [6.45, 7) is 0. The third-order valence-electron chi connectivity index (χ3n) is 4.09. The first-order chi connectivity index (χ1) is 11.7. The third kappa shape index (κ3) is 3.79. The van der Waals surface area contributed by atoms with Crippen molar-refractivity contribution in [1.29, 1.82) is 0 Å². The summed E-state index contributed by atoms with van der Waals surface area (Å²) in [6, 6.07) is 5.73. The molecule has 0 bridgehead atoms. The first-order valence-electron chi connectivity index (χ1n) is 7.95. The van der Waals surface area contributed by atoms with Crippen LogP contribution in [0.15, 0.2) is 23.6 Å². The molecule has 0 aliphatic heterocycles. The van der Waals surface area contributed by atoms with Gasteiger partial charge < -0.3 is 14.8 Å². The van der Waals surface area contributed by atoms with Crippen LogP contribution in [0.5, 0.6) is 11.5 Å². The number of urea groups is 1. The number of nitrogens with one attached hydrogen (secondary N) is 2. The summed E-state index contributed by atoms with van der Waals surface area (Å²) in [5.74, 6) is 1.32. The minimum Gasteiger partial charge on any atom is -0.493 e. The van der Waals surface area contributed by atoms with Gasteiger partial charge in [-0.25, -0.2) is 9.78 Å². The molecule has 6 nitrogen and oxygen atoms in total. The Morgan fingerprint density at radius 1 is 1.21 bits per heavy atom. The van der Waals surface area contributed by atoms with Crippen LogP contribution in [0.25, 0.3) is 11.3 Å². The first kappa shape index (κ1) is 16.6. The Labute approximate surface area is 145 Å². The average Bonchev–Trinajstić information content (AvgIpc) is 3.26.